The Morgan fingerprint density at radius 2 is 1.85 bits per heavy atom. The average molecular weight is 279 g/mol. The summed E-state index contributed by atoms with van der Waals surface area (Å²) in [4.78, 5) is 5.39. The summed E-state index contributed by atoms with van der Waals surface area (Å²) in [6.45, 7) is 0.958. The zero-order valence-corrected chi connectivity index (χ0v) is 11.9. The predicted molar refractivity (Wildman–Crippen MR) is 77.5 cm³/mol. The molecule has 1 saturated carbocycles. The minimum Gasteiger partial charge on any atom is -0.368 e. The van der Waals surface area contributed by atoms with Crippen LogP contribution in [-0.2, 0) is 11.4 Å². The van der Waals surface area contributed by atoms with Gasteiger partial charge in [-0.3, -0.25) is 4.84 Å². The fourth-order valence-electron chi connectivity index (χ4n) is 2.86. The van der Waals surface area contributed by atoms with Crippen LogP contribution in [0.25, 0.3) is 0 Å². The molecular weight excluding hydrogens is 254 g/mol. The van der Waals surface area contributed by atoms with E-state index in [1.807, 2.05) is 30.3 Å². The third kappa shape index (κ3) is 5.21. The maximum atomic E-state index is 9.45. The highest BCUT2D eigenvalue weighted by Gasteiger charge is 2.24. The highest BCUT2D eigenvalue weighted by atomic mass is 16.6. The Hall–Kier alpha value is -0.940. The van der Waals surface area contributed by atoms with Gasteiger partial charge in [0.2, 0.25) is 0 Å². The van der Waals surface area contributed by atoms with Gasteiger partial charge in [-0.05, 0) is 17.9 Å². The van der Waals surface area contributed by atoms with E-state index < -0.39 is 6.29 Å². The van der Waals surface area contributed by atoms with E-state index in [1.54, 1.807) is 0 Å². The summed E-state index contributed by atoms with van der Waals surface area (Å²) >= 11 is 0. The molecule has 0 aromatic heterocycles. The van der Waals surface area contributed by atoms with Crippen molar-refractivity contribution in [1.82, 2.24) is 5.48 Å². The lowest BCUT2D eigenvalue weighted by Crippen LogP contribution is -2.32. The van der Waals surface area contributed by atoms with Gasteiger partial charge in [0, 0.05) is 12.5 Å². The van der Waals surface area contributed by atoms with Crippen molar-refractivity contribution in [3.63, 3.8) is 0 Å². The van der Waals surface area contributed by atoms with Crippen molar-refractivity contribution in [2.75, 3.05) is 6.54 Å². The summed E-state index contributed by atoms with van der Waals surface area (Å²) in [7, 11) is 0. The monoisotopic (exact) mass is 279 g/mol. The largest absolute Gasteiger partial charge is 0.368 e. The quantitative estimate of drug-likeness (QED) is 0.388. The smallest absolute Gasteiger partial charge is 0.155 e. The van der Waals surface area contributed by atoms with Gasteiger partial charge in [0.05, 0.1) is 6.61 Å². The Kier molecular flexibility index (Phi) is 6.47. The number of aliphatic hydroxyl groups excluding tert-OH is 1. The predicted octanol–water partition coefficient (Wildman–Crippen LogP) is 2.21. The minimum absolute atomic E-state index is 0.158. The first-order valence-electron chi connectivity index (χ1n) is 7.50. The SMILES string of the molecule is OC(O)C(CNOCc1ccccc1)CC1CCCC1. The topological polar surface area (TPSA) is 61.7 Å². The molecule has 4 nitrogen and oxygen atoms in total. The molecule has 0 amide bonds. The van der Waals surface area contributed by atoms with Crippen LogP contribution in [0.5, 0.6) is 0 Å². The molecule has 0 saturated heterocycles. The zero-order chi connectivity index (χ0) is 14.2. The molecule has 1 unspecified atom stereocenters. The molecule has 0 spiro atoms. The van der Waals surface area contributed by atoms with E-state index in [0.717, 1.165) is 12.0 Å². The van der Waals surface area contributed by atoms with Gasteiger partial charge in [-0.2, -0.15) is 0 Å². The molecule has 20 heavy (non-hydrogen) atoms. The van der Waals surface area contributed by atoms with Crippen LogP contribution in [0.1, 0.15) is 37.7 Å². The van der Waals surface area contributed by atoms with Crippen molar-refractivity contribution in [3.8, 4) is 0 Å². The molecule has 3 N–H and O–H groups in total. The molecule has 4 heteroatoms. The molecule has 0 radical (unpaired) electrons. The Morgan fingerprint density at radius 3 is 2.50 bits per heavy atom. The van der Waals surface area contributed by atoms with Gasteiger partial charge in [0.25, 0.3) is 0 Å². The van der Waals surface area contributed by atoms with Crippen LogP contribution in [0.2, 0.25) is 0 Å². The van der Waals surface area contributed by atoms with Gasteiger partial charge in [0.1, 0.15) is 0 Å². The normalized spacial score (nSPS) is 17.8. The molecule has 1 aliphatic rings. The minimum atomic E-state index is -1.27. The first-order valence-corrected chi connectivity index (χ1v) is 7.50. The highest BCUT2D eigenvalue weighted by Crippen LogP contribution is 2.30. The number of hydrogen-bond acceptors (Lipinski definition) is 4. The fourth-order valence-corrected chi connectivity index (χ4v) is 2.86. The second kappa shape index (κ2) is 8.37. The van der Waals surface area contributed by atoms with Gasteiger partial charge in [0.15, 0.2) is 6.29 Å². The van der Waals surface area contributed by atoms with E-state index in [0.29, 0.717) is 19.1 Å². The van der Waals surface area contributed by atoms with Crippen molar-refractivity contribution in [3.05, 3.63) is 35.9 Å². The van der Waals surface area contributed by atoms with E-state index in [4.69, 9.17) is 4.84 Å². The number of benzene rings is 1. The molecule has 1 aliphatic carbocycles. The molecule has 0 heterocycles. The summed E-state index contributed by atoms with van der Waals surface area (Å²) in [6, 6.07) is 9.91. The van der Waals surface area contributed by atoms with E-state index in [9.17, 15) is 10.2 Å². The van der Waals surface area contributed by atoms with Gasteiger partial charge >= 0.3 is 0 Å². The third-order valence-corrected chi connectivity index (χ3v) is 4.06. The number of aliphatic hydroxyl groups is 2. The highest BCUT2D eigenvalue weighted by molar-refractivity contribution is 5.13. The Morgan fingerprint density at radius 1 is 1.15 bits per heavy atom. The summed E-state index contributed by atoms with van der Waals surface area (Å²) in [5.74, 6) is 0.478. The Bertz CT molecular complexity index is 363. The summed E-state index contributed by atoms with van der Waals surface area (Å²) in [6.07, 6.45) is 4.57. The molecular formula is C16H25NO3. The van der Waals surface area contributed by atoms with Crippen molar-refractivity contribution in [2.24, 2.45) is 11.8 Å². The second-order valence-electron chi connectivity index (χ2n) is 5.68. The van der Waals surface area contributed by atoms with Gasteiger partial charge in [-0.15, -0.1) is 0 Å². The fraction of sp³-hybridized carbons (Fsp3) is 0.625. The van der Waals surface area contributed by atoms with Crippen LogP contribution in [0, 0.1) is 11.8 Å². The van der Waals surface area contributed by atoms with Crippen LogP contribution < -0.4 is 5.48 Å². The maximum absolute atomic E-state index is 9.45. The van der Waals surface area contributed by atoms with E-state index >= 15 is 0 Å². The van der Waals surface area contributed by atoms with Crippen molar-refractivity contribution >= 4 is 0 Å². The van der Waals surface area contributed by atoms with E-state index in [2.05, 4.69) is 5.48 Å². The molecule has 1 aromatic rings. The van der Waals surface area contributed by atoms with Crippen LogP contribution in [-0.4, -0.2) is 23.0 Å². The van der Waals surface area contributed by atoms with Crippen molar-refractivity contribution in [2.45, 2.75) is 45.0 Å². The lowest BCUT2D eigenvalue weighted by Gasteiger charge is -2.22. The van der Waals surface area contributed by atoms with E-state index in [-0.39, 0.29) is 5.92 Å². The lowest BCUT2D eigenvalue weighted by molar-refractivity contribution is -0.102. The molecule has 1 atom stereocenters. The molecule has 0 aliphatic heterocycles. The molecule has 1 aromatic carbocycles. The maximum Gasteiger partial charge on any atom is 0.155 e. The van der Waals surface area contributed by atoms with Crippen molar-refractivity contribution < 1.29 is 15.1 Å². The molecule has 2 rings (SSSR count). The Balaban J connectivity index is 1.66. The van der Waals surface area contributed by atoms with Gasteiger partial charge in [-0.25, -0.2) is 5.48 Å². The molecule has 0 bridgehead atoms. The third-order valence-electron chi connectivity index (χ3n) is 4.06. The lowest BCUT2D eigenvalue weighted by atomic mass is 9.93. The van der Waals surface area contributed by atoms with Crippen LogP contribution in [0.4, 0.5) is 0 Å². The second-order valence-corrected chi connectivity index (χ2v) is 5.68. The standard InChI is InChI=1S/C16H25NO3/c18-16(19)15(10-13-6-4-5-7-13)11-17-20-12-14-8-2-1-3-9-14/h1-3,8-9,13,15-19H,4-7,10-12H2. The number of rotatable bonds is 8. The molecule has 1 fully saturated rings. The molecule has 112 valence electrons. The summed E-state index contributed by atoms with van der Waals surface area (Å²) in [5.41, 5.74) is 3.96. The summed E-state index contributed by atoms with van der Waals surface area (Å²) < 4.78 is 0. The van der Waals surface area contributed by atoms with Crippen LogP contribution in [0.3, 0.4) is 0 Å². The number of hydroxylamine groups is 1. The first-order chi connectivity index (χ1) is 9.75. The average Bonchev–Trinajstić information content (AvgIpc) is 2.96. The van der Waals surface area contributed by atoms with E-state index in [1.165, 1.54) is 25.7 Å². The zero-order valence-electron chi connectivity index (χ0n) is 11.9. The first kappa shape index (κ1) is 15.4. The van der Waals surface area contributed by atoms with Gasteiger partial charge in [-0.1, -0.05) is 56.0 Å². The van der Waals surface area contributed by atoms with Crippen molar-refractivity contribution in [1.29, 1.82) is 0 Å². The Labute approximate surface area is 120 Å². The number of hydrogen-bond donors (Lipinski definition) is 3. The number of nitrogens with one attached hydrogen (secondary N) is 1. The van der Waals surface area contributed by atoms with Crippen LogP contribution in [0.15, 0.2) is 30.3 Å². The van der Waals surface area contributed by atoms with Crippen LogP contribution >= 0.6 is 0 Å². The summed E-state index contributed by atoms with van der Waals surface area (Å²) in [5, 5.41) is 18.9. The van der Waals surface area contributed by atoms with Gasteiger partial charge < -0.3 is 10.2 Å².